The molecule has 1 aliphatic rings. The molecule has 1 aliphatic heterocycles. The predicted octanol–water partition coefficient (Wildman–Crippen LogP) is 5.34. The SMILES string of the molecule is N#CC1=C(N)Oc2c(sc3ccccc23)C1c1ccccc1OC(=O)c1ccccc1. The molecule has 5 rings (SSSR count). The summed E-state index contributed by atoms with van der Waals surface area (Å²) in [6, 6.07) is 26.1. The number of ether oxygens (including phenoxy) is 2. The lowest BCUT2D eigenvalue weighted by Crippen LogP contribution is -2.20. The highest BCUT2D eigenvalue weighted by Gasteiger charge is 2.35. The Morgan fingerprint density at radius 1 is 1.00 bits per heavy atom. The average molecular weight is 424 g/mol. The number of nitrogens with two attached hydrogens (primary N) is 1. The van der Waals surface area contributed by atoms with Crippen LogP contribution in [0, 0.1) is 11.3 Å². The van der Waals surface area contributed by atoms with Gasteiger partial charge in [0.05, 0.1) is 16.4 Å². The number of carbonyl (C=O) groups is 1. The number of fused-ring (bicyclic) bond motifs is 3. The van der Waals surface area contributed by atoms with E-state index >= 15 is 0 Å². The second-order valence-corrected chi connectivity index (χ2v) is 8.09. The molecule has 31 heavy (non-hydrogen) atoms. The number of hydrogen-bond acceptors (Lipinski definition) is 6. The number of nitrogens with zero attached hydrogens (tertiary/aromatic N) is 1. The summed E-state index contributed by atoms with van der Waals surface area (Å²) < 4.78 is 12.7. The summed E-state index contributed by atoms with van der Waals surface area (Å²) in [6.07, 6.45) is 0. The van der Waals surface area contributed by atoms with Crippen LogP contribution in [0.5, 0.6) is 11.5 Å². The Hall–Kier alpha value is -4.08. The fraction of sp³-hybridized carbons (Fsp3) is 0.0400. The molecule has 2 heterocycles. The van der Waals surface area contributed by atoms with Crippen molar-refractivity contribution in [2.75, 3.05) is 0 Å². The smallest absolute Gasteiger partial charge is 0.343 e. The molecule has 6 heteroatoms. The van der Waals surface area contributed by atoms with Gasteiger partial charge in [0.1, 0.15) is 17.4 Å². The Labute approximate surface area is 182 Å². The van der Waals surface area contributed by atoms with E-state index in [2.05, 4.69) is 6.07 Å². The third-order valence-electron chi connectivity index (χ3n) is 5.17. The van der Waals surface area contributed by atoms with Crippen LogP contribution in [0.4, 0.5) is 0 Å². The van der Waals surface area contributed by atoms with Crippen LogP contribution in [0.1, 0.15) is 26.7 Å². The molecule has 0 aliphatic carbocycles. The molecule has 0 bridgehead atoms. The minimum absolute atomic E-state index is 0.0627. The van der Waals surface area contributed by atoms with Crippen molar-refractivity contribution in [2.24, 2.45) is 5.73 Å². The average Bonchev–Trinajstić information content (AvgIpc) is 3.17. The van der Waals surface area contributed by atoms with Crippen LogP contribution >= 0.6 is 11.3 Å². The number of carbonyl (C=O) groups excluding carboxylic acids is 1. The van der Waals surface area contributed by atoms with Crippen LogP contribution in [0.15, 0.2) is 90.3 Å². The zero-order valence-electron chi connectivity index (χ0n) is 16.2. The number of hydrogen-bond donors (Lipinski definition) is 1. The highest BCUT2D eigenvalue weighted by molar-refractivity contribution is 7.19. The summed E-state index contributed by atoms with van der Waals surface area (Å²) >= 11 is 1.54. The number of rotatable bonds is 3. The number of esters is 1. The van der Waals surface area contributed by atoms with Gasteiger partial charge in [0, 0.05) is 15.6 Å². The molecule has 5 nitrogen and oxygen atoms in total. The Kier molecular flexibility index (Phi) is 4.66. The Bertz CT molecular complexity index is 1380. The molecular weight excluding hydrogens is 408 g/mol. The fourth-order valence-corrected chi connectivity index (χ4v) is 5.00. The van der Waals surface area contributed by atoms with Crippen molar-refractivity contribution in [3.8, 4) is 17.6 Å². The summed E-state index contributed by atoms with van der Waals surface area (Å²) in [6.45, 7) is 0. The van der Waals surface area contributed by atoms with Gasteiger partial charge in [-0.3, -0.25) is 0 Å². The van der Waals surface area contributed by atoms with Crippen molar-refractivity contribution >= 4 is 27.4 Å². The highest BCUT2D eigenvalue weighted by Crippen LogP contribution is 2.51. The van der Waals surface area contributed by atoms with Crippen molar-refractivity contribution in [2.45, 2.75) is 5.92 Å². The molecule has 1 atom stereocenters. The van der Waals surface area contributed by atoms with Crippen molar-refractivity contribution < 1.29 is 14.3 Å². The van der Waals surface area contributed by atoms with Crippen molar-refractivity contribution in [3.05, 3.63) is 106 Å². The second-order valence-electron chi connectivity index (χ2n) is 7.01. The van der Waals surface area contributed by atoms with E-state index in [-0.39, 0.29) is 5.88 Å². The first-order chi connectivity index (χ1) is 15.2. The standard InChI is InChI=1S/C25H16N2O3S/c26-14-18-21(23-22(30-24(18)27)17-11-5-7-13-20(17)31-23)16-10-4-6-12-19(16)29-25(28)15-8-2-1-3-9-15/h1-13,21H,27H2. The molecule has 150 valence electrons. The number of benzene rings is 3. The zero-order chi connectivity index (χ0) is 21.4. The van der Waals surface area contributed by atoms with Gasteiger partial charge in [0.2, 0.25) is 5.88 Å². The van der Waals surface area contributed by atoms with Crippen molar-refractivity contribution in [1.29, 1.82) is 5.26 Å². The van der Waals surface area contributed by atoms with Crippen LogP contribution in [-0.2, 0) is 0 Å². The second kappa shape index (κ2) is 7.63. The summed E-state index contributed by atoms with van der Waals surface area (Å²) in [5, 5.41) is 10.8. The van der Waals surface area contributed by atoms with E-state index in [0.717, 1.165) is 15.0 Å². The number of thiophene rings is 1. The van der Waals surface area contributed by atoms with Gasteiger partial charge in [0.15, 0.2) is 5.75 Å². The van der Waals surface area contributed by atoms with Gasteiger partial charge in [-0.25, -0.2) is 4.79 Å². The minimum atomic E-state index is -0.495. The third kappa shape index (κ3) is 3.21. The fourth-order valence-electron chi connectivity index (χ4n) is 3.74. The van der Waals surface area contributed by atoms with E-state index in [4.69, 9.17) is 15.2 Å². The topological polar surface area (TPSA) is 85.3 Å². The lowest BCUT2D eigenvalue weighted by molar-refractivity contribution is 0.0733. The molecule has 4 aromatic rings. The summed E-state index contributed by atoms with van der Waals surface area (Å²) in [7, 11) is 0. The Morgan fingerprint density at radius 3 is 2.52 bits per heavy atom. The molecule has 1 unspecified atom stereocenters. The van der Waals surface area contributed by atoms with Gasteiger partial charge < -0.3 is 15.2 Å². The van der Waals surface area contributed by atoms with E-state index in [9.17, 15) is 10.1 Å². The Morgan fingerprint density at radius 2 is 1.71 bits per heavy atom. The van der Waals surface area contributed by atoms with Crippen molar-refractivity contribution in [1.82, 2.24) is 0 Å². The van der Waals surface area contributed by atoms with Gasteiger partial charge in [-0.2, -0.15) is 5.26 Å². The molecule has 0 saturated heterocycles. The third-order valence-corrected chi connectivity index (χ3v) is 6.38. The van der Waals surface area contributed by atoms with Gasteiger partial charge in [0.25, 0.3) is 0 Å². The van der Waals surface area contributed by atoms with E-state index in [1.165, 1.54) is 0 Å². The normalized spacial score (nSPS) is 15.1. The van der Waals surface area contributed by atoms with Crippen LogP contribution in [0.3, 0.4) is 0 Å². The quantitative estimate of drug-likeness (QED) is 0.354. The largest absolute Gasteiger partial charge is 0.439 e. The van der Waals surface area contributed by atoms with Gasteiger partial charge in [-0.1, -0.05) is 48.5 Å². The zero-order valence-corrected chi connectivity index (χ0v) is 17.1. The van der Waals surface area contributed by atoms with E-state index < -0.39 is 11.9 Å². The van der Waals surface area contributed by atoms with Gasteiger partial charge >= 0.3 is 5.97 Å². The maximum absolute atomic E-state index is 12.7. The predicted molar refractivity (Wildman–Crippen MR) is 119 cm³/mol. The first kappa shape index (κ1) is 18.9. The number of nitriles is 1. The molecule has 0 amide bonds. The van der Waals surface area contributed by atoms with Crippen LogP contribution in [-0.4, -0.2) is 5.97 Å². The molecule has 0 saturated carbocycles. The van der Waals surface area contributed by atoms with Gasteiger partial charge in [-0.05, 0) is 30.3 Å². The van der Waals surface area contributed by atoms with E-state index in [0.29, 0.717) is 28.2 Å². The Balaban J connectivity index is 1.65. The molecule has 0 radical (unpaired) electrons. The maximum Gasteiger partial charge on any atom is 0.343 e. The first-order valence-corrected chi connectivity index (χ1v) is 10.4. The molecule has 2 N–H and O–H groups in total. The number of allylic oxidation sites excluding steroid dienone is 1. The van der Waals surface area contributed by atoms with Crippen LogP contribution in [0.2, 0.25) is 0 Å². The minimum Gasteiger partial charge on any atom is -0.439 e. The highest BCUT2D eigenvalue weighted by atomic mass is 32.1. The molecular formula is C25H16N2O3S. The van der Waals surface area contributed by atoms with Crippen LogP contribution in [0.25, 0.3) is 10.1 Å². The molecule has 0 spiro atoms. The molecule has 0 fully saturated rings. The van der Waals surface area contributed by atoms with Gasteiger partial charge in [-0.15, -0.1) is 11.3 Å². The summed E-state index contributed by atoms with van der Waals surface area (Å²) in [4.78, 5) is 13.6. The molecule has 3 aromatic carbocycles. The van der Waals surface area contributed by atoms with Crippen molar-refractivity contribution in [3.63, 3.8) is 0 Å². The monoisotopic (exact) mass is 424 g/mol. The maximum atomic E-state index is 12.7. The lowest BCUT2D eigenvalue weighted by Gasteiger charge is -2.25. The molecule has 1 aromatic heterocycles. The van der Waals surface area contributed by atoms with Crippen LogP contribution < -0.4 is 15.2 Å². The number of para-hydroxylation sites is 1. The first-order valence-electron chi connectivity index (χ1n) is 9.62. The summed E-state index contributed by atoms with van der Waals surface area (Å²) in [5.74, 6) is 0.129. The van der Waals surface area contributed by atoms with E-state index in [1.54, 1.807) is 47.7 Å². The lowest BCUT2D eigenvalue weighted by atomic mass is 9.87. The summed E-state index contributed by atoms with van der Waals surface area (Å²) in [5.41, 5.74) is 7.58. The van der Waals surface area contributed by atoms with E-state index in [1.807, 2.05) is 42.5 Å².